The van der Waals surface area contributed by atoms with Gasteiger partial charge in [-0.25, -0.2) is 0 Å². The number of anilines is 1. The molecule has 3 heteroatoms. The van der Waals surface area contributed by atoms with Gasteiger partial charge in [-0.15, -0.1) is 0 Å². The first-order chi connectivity index (χ1) is 6.63. The monoisotopic (exact) mass is 255 g/mol. The SMILES string of the molecule is CC(C)C(=O)Nc1cccc(CBr)c1. The Labute approximate surface area is 92.8 Å². The van der Waals surface area contributed by atoms with Crippen molar-refractivity contribution in [3.63, 3.8) is 0 Å². The van der Waals surface area contributed by atoms with Gasteiger partial charge in [-0.2, -0.15) is 0 Å². The Balaban J connectivity index is 2.72. The van der Waals surface area contributed by atoms with Gasteiger partial charge < -0.3 is 5.32 Å². The Morgan fingerprint density at radius 3 is 2.79 bits per heavy atom. The predicted molar refractivity (Wildman–Crippen MR) is 62.5 cm³/mol. The van der Waals surface area contributed by atoms with Crippen LogP contribution in [0.15, 0.2) is 24.3 Å². The second-order valence-electron chi connectivity index (χ2n) is 3.48. The van der Waals surface area contributed by atoms with E-state index in [2.05, 4.69) is 21.2 Å². The summed E-state index contributed by atoms with van der Waals surface area (Å²) in [6.45, 7) is 3.76. The maximum atomic E-state index is 11.4. The number of alkyl halides is 1. The molecule has 0 fully saturated rings. The highest BCUT2D eigenvalue weighted by molar-refractivity contribution is 9.08. The molecular weight excluding hydrogens is 242 g/mol. The van der Waals surface area contributed by atoms with E-state index in [-0.39, 0.29) is 11.8 Å². The summed E-state index contributed by atoms with van der Waals surface area (Å²) in [5.74, 6) is 0.0688. The van der Waals surface area contributed by atoms with Crippen LogP contribution in [0.1, 0.15) is 19.4 Å². The van der Waals surface area contributed by atoms with Crippen molar-refractivity contribution in [1.29, 1.82) is 0 Å². The number of carbonyl (C=O) groups is 1. The van der Waals surface area contributed by atoms with E-state index in [4.69, 9.17) is 0 Å². The topological polar surface area (TPSA) is 29.1 Å². The lowest BCUT2D eigenvalue weighted by molar-refractivity contribution is -0.118. The Bertz CT molecular complexity index is 323. The van der Waals surface area contributed by atoms with Gasteiger partial charge in [-0.1, -0.05) is 41.9 Å². The van der Waals surface area contributed by atoms with Crippen LogP contribution in [0.5, 0.6) is 0 Å². The van der Waals surface area contributed by atoms with E-state index in [0.29, 0.717) is 0 Å². The third kappa shape index (κ3) is 3.14. The molecule has 0 aliphatic rings. The Morgan fingerprint density at radius 2 is 2.21 bits per heavy atom. The van der Waals surface area contributed by atoms with E-state index in [0.717, 1.165) is 16.6 Å². The summed E-state index contributed by atoms with van der Waals surface area (Å²) in [5, 5.41) is 3.66. The zero-order chi connectivity index (χ0) is 10.6. The third-order valence-electron chi connectivity index (χ3n) is 1.87. The average molecular weight is 256 g/mol. The van der Waals surface area contributed by atoms with Gasteiger partial charge in [0.1, 0.15) is 0 Å². The molecule has 0 aromatic heterocycles. The second-order valence-corrected chi connectivity index (χ2v) is 4.04. The van der Waals surface area contributed by atoms with Crippen molar-refractivity contribution < 1.29 is 4.79 Å². The first kappa shape index (κ1) is 11.2. The highest BCUT2D eigenvalue weighted by atomic mass is 79.9. The Kier molecular flexibility index (Phi) is 4.14. The van der Waals surface area contributed by atoms with Crippen molar-refractivity contribution >= 4 is 27.5 Å². The third-order valence-corrected chi connectivity index (χ3v) is 2.52. The van der Waals surface area contributed by atoms with E-state index in [1.165, 1.54) is 0 Å². The summed E-state index contributed by atoms with van der Waals surface area (Å²) in [5.41, 5.74) is 2.02. The summed E-state index contributed by atoms with van der Waals surface area (Å²) < 4.78 is 0. The Morgan fingerprint density at radius 1 is 1.50 bits per heavy atom. The number of amides is 1. The van der Waals surface area contributed by atoms with Crippen LogP contribution in [0.4, 0.5) is 5.69 Å². The van der Waals surface area contributed by atoms with Crippen molar-refractivity contribution in [3.05, 3.63) is 29.8 Å². The van der Waals surface area contributed by atoms with Crippen LogP contribution < -0.4 is 5.32 Å². The maximum absolute atomic E-state index is 11.4. The van der Waals surface area contributed by atoms with Gasteiger partial charge >= 0.3 is 0 Å². The van der Waals surface area contributed by atoms with Crippen LogP contribution in [0, 0.1) is 5.92 Å². The summed E-state index contributed by atoms with van der Waals surface area (Å²) in [6, 6.07) is 7.81. The minimum Gasteiger partial charge on any atom is -0.326 e. The van der Waals surface area contributed by atoms with Crippen molar-refractivity contribution in [2.45, 2.75) is 19.2 Å². The number of halogens is 1. The van der Waals surface area contributed by atoms with Crippen LogP contribution >= 0.6 is 15.9 Å². The number of hydrogen-bond acceptors (Lipinski definition) is 1. The first-order valence-corrected chi connectivity index (χ1v) is 5.71. The lowest BCUT2D eigenvalue weighted by Crippen LogP contribution is -2.17. The maximum Gasteiger partial charge on any atom is 0.226 e. The molecule has 1 amide bonds. The molecule has 0 saturated heterocycles. The number of hydrogen-bond donors (Lipinski definition) is 1. The zero-order valence-corrected chi connectivity index (χ0v) is 9.97. The predicted octanol–water partition coefficient (Wildman–Crippen LogP) is 3.18. The van der Waals surface area contributed by atoms with Crippen LogP contribution in [0.2, 0.25) is 0 Å². The fraction of sp³-hybridized carbons (Fsp3) is 0.364. The smallest absolute Gasteiger partial charge is 0.226 e. The van der Waals surface area contributed by atoms with Gasteiger partial charge in [0, 0.05) is 16.9 Å². The van der Waals surface area contributed by atoms with Crippen LogP contribution in [0.3, 0.4) is 0 Å². The standard InChI is InChI=1S/C11H14BrNO/c1-8(2)11(14)13-10-5-3-4-9(6-10)7-12/h3-6,8H,7H2,1-2H3,(H,13,14). The van der Waals surface area contributed by atoms with Crippen LogP contribution in [0.25, 0.3) is 0 Å². The highest BCUT2D eigenvalue weighted by Crippen LogP contribution is 2.13. The molecule has 0 unspecified atom stereocenters. The number of carbonyl (C=O) groups excluding carboxylic acids is 1. The molecule has 0 atom stereocenters. The number of nitrogens with one attached hydrogen (secondary N) is 1. The molecule has 0 aliphatic carbocycles. The molecule has 0 spiro atoms. The van der Waals surface area contributed by atoms with Gasteiger partial charge in [-0.3, -0.25) is 4.79 Å². The molecule has 1 aromatic rings. The van der Waals surface area contributed by atoms with Gasteiger partial charge in [0.05, 0.1) is 0 Å². The van der Waals surface area contributed by atoms with E-state index in [1.807, 2.05) is 38.1 Å². The number of rotatable bonds is 3. The van der Waals surface area contributed by atoms with E-state index >= 15 is 0 Å². The van der Waals surface area contributed by atoms with E-state index in [9.17, 15) is 4.79 Å². The highest BCUT2D eigenvalue weighted by Gasteiger charge is 2.06. The Hall–Kier alpha value is -0.830. The van der Waals surface area contributed by atoms with E-state index in [1.54, 1.807) is 0 Å². The second kappa shape index (κ2) is 5.15. The molecular formula is C11H14BrNO. The molecule has 76 valence electrons. The van der Waals surface area contributed by atoms with E-state index < -0.39 is 0 Å². The first-order valence-electron chi connectivity index (χ1n) is 4.59. The minimum absolute atomic E-state index is 0.0163. The van der Waals surface area contributed by atoms with Crippen LogP contribution in [-0.2, 0) is 10.1 Å². The summed E-state index contributed by atoms with van der Waals surface area (Å²) in [4.78, 5) is 11.4. The normalized spacial score (nSPS) is 10.3. The van der Waals surface area contributed by atoms with Crippen LogP contribution in [-0.4, -0.2) is 5.91 Å². The van der Waals surface area contributed by atoms with Crippen molar-refractivity contribution in [2.24, 2.45) is 5.92 Å². The minimum atomic E-state index is 0.0163. The van der Waals surface area contributed by atoms with Crippen molar-refractivity contribution in [2.75, 3.05) is 5.32 Å². The molecule has 2 nitrogen and oxygen atoms in total. The van der Waals surface area contributed by atoms with Crippen molar-refractivity contribution in [3.8, 4) is 0 Å². The van der Waals surface area contributed by atoms with Gasteiger partial charge in [0.2, 0.25) is 5.91 Å². The quantitative estimate of drug-likeness (QED) is 0.827. The average Bonchev–Trinajstić information content (AvgIpc) is 2.18. The fourth-order valence-electron chi connectivity index (χ4n) is 1.02. The molecule has 0 heterocycles. The van der Waals surface area contributed by atoms with Gasteiger partial charge in [0.25, 0.3) is 0 Å². The molecule has 0 bridgehead atoms. The largest absolute Gasteiger partial charge is 0.326 e. The lowest BCUT2D eigenvalue weighted by Gasteiger charge is -2.08. The molecule has 0 aliphatic heterocycles. The summed E-state index contributed by atoms with van der Waals surface area (Å²) >= 11 is 3.37. The number of benzene rings is 1. The molecule has 0 saturated carbocycles. The molecule has 1 aromatic carbocycles. The molecule has 0 radical (unpaired) electrons. The summed E-state index contributed by atoms with van der Waals surface area (Å²) in [6.07, 6.45) is 0. The summed E-state index contributed by atoms with van der Waals surface area (Å²) in [7, 11) is 0. The fourth-order valence-corrected chi connectivity index (χ4v) is 1.37. The molecule has 1 N–H and O–H groups in total. The van der Waals surface area contributed by atoms with Gasteiger partial charge in [0.15, 0.2) is 0 Å². The lowest BCUT2D eigenvalue weighted by atomic mass is 10.2. The molecule has 1 rings (SSSR count). The zero-order valence-electron chi connectivity index (χ0n) is 8.38. The molecule has 14 heavy (non-hydrogen) atoms. The van der Waals surface area contributed by atoms with Gasteiger partial charge in [-0.05, 0) is 17.7 Å². The van der Waals surface area contributed by atoms with Crippen molar-refractivity contribution in [1.82, 2.24) is 0 Å².